The van der Waals surface area contributed by atoms with Crippen LogP contribution in [-0.2, 0) is 19.0 Å². The Hall–Kier alpha value is -1.95. The van der Waals surface area contributed by atoms with Crippen LogP contribution in [0.3, 0.4) is 0 Å². The quantitative estimate of drug-likeness (QED) is 0.939. The van der Waals surface area contributed by atoms with Crippen LogP contribution >= 0.6 is 11.3 Å². The minimum Gasteiger partial charge on any atom is -0.345 e. The number of carbonyl (C=O) groups is 1. The van der Waals surface area contributed by atoms with Crippen LogP contribution < -0.4 is 10.9 Å². The largest absolute Gasteiger partial charge is 0.345 e. The summed E-state index contributed by atoms with van der Waals surface area (Å²) in [7, 11) is 1.67. The first-order valence-corrected chi connectivity index (χ1v) is 8.39. The van der Waals surface area contributed by atoms with Crippen LogP contribution in [0.25, 0.3) is 0 Å². The summed E-state index contributed by atoms with van der Waals surface area (Å²) in [5, 5.41) is 5.65. The van der Waals surface area contributed by atoms with E-state index >= 15 is 0 Å². The maximum Gasteiger partial charge on any atom is 0.263 e. The topological polar surface area (TPSA) is 64.0 Å². The van der Waals surface area contributed by atoms with Gasteiger partial charge in [-0.15, -0.1) is 11.3 Å². The molecule has 0 aromatic carbocycles. The van der Waals surface area contributed by atoms with Crippen molar-refractivity contribution in [3.05, 3.63) is 49.3 Å². The second-order valence-electron chi connectivity index (χ2n) is 6.77. The van der Waals surface area contributed by atoms with E-state index in [-0.39, 0.29) is 22.4 Å². The maximum atomic E-state index is 12.4. The van der Waals surface area contributed by atoms with Crippen LogP contribution in [0.2, 0.25) is 0 Å². The van der Waals surface area contributed by atoms with Crippen molar-refractivity contribution >= 4 is 17.2 Å². The lowest BCUT2D eigenvalue weighted by Crippen LogP contribution is -2.33. The number of thiazole rings is 1. The molecule has 0 bridgehead atoms. The van der Waals surface area contributed by atoms with Crippen molar-refractivity contribution in [2.45, 2.75) is 46.6 Å². The monoisotopic (exact) mass is 333 g/mol. The smallest absolute Gasteiger partial charge is 0.263 e. The molecule has 6 heteroatoms. The Morgan fingerprint density at radius 1 is 1.35 bits per heavy atom. The van der Waals surface area contributed by atoms with Crippen LogP contribution in [0, 0.1) is 13.8 Å². The molecule has 0 aliphatic heterocycles. The summed E-state index contributed by atoms with van der Waals surface area (Å²) in [6.45, 7) is 10.3. The van der Waals surface area contributed by atoms with Gasteiger partial charge in [0.1, 0.15) is 10.6 Å². The predicted octanol–water partition coefficient (Wildman–Crippen LogP) is 2.69. The van der Waals surface area contributed by atoms with Gasteiger partial charge in [-0.25, -0.2) is 4.98 Å². The average Bonchev–Trinajstić information content (AvgIpc) is 2.91. The number of rotatable bonds is 3. The van der Waals surface area contributed by atoms with E-state index in [1.54, 1.807) is 14.0 Å². The summed E-state index contributed by atoms with van der Waals surface area (Å²) in [4.78, 5) is 29.2. The molecule has 0 fully saturated rings. The van der Waals surface area contributed by atoms with Gasteiger partial charge in [-0.05, 0) is 25.5 Å². The normalized spacial score (nSPS) is 11.6. The summed E-state index contributed by atoms with van der Waals surface area (Å²) in [5.74, 6) is -0.351. The minimum atomic E-state index is -0.351. The fourth-order valence-corrected chi connectivity index (χ4v) is 3.20. The SMILES string of the molecule is Cc1cc(C)n(C)c(=O)c1C(=O)NCc1nc(C(C)(C)C)cs1. The Kier molecular flexibility index (Phi) is 4.75. The maximum absolute atomic E-state index is 12.4. The molecule has 0 saturated heterocycles. The van der Waals surface area contributed by atoms with Crippen molar-refractivity contribution in [1.29, 1.82) is 0 Å². The fraction of sp³-hybridized carbons (Fsp3) is 0.471. The van der Waals surface area contributed by atoms with Crippen molar-refractivity contribution in [3.8, 4) is 0 Å². The number of amides is 1. The van der Waals surface area contributed by atoms with Crippen molar-refractivity contribution in [3.63, 3.8) is 0 Å². The molecule has 2 aromatic rings. The van der Waals surface area contributed by atoms with E-state index in [0.29, 0.717) is 12.1 Å². The van der Waals surface area contributed by atoms with Gasteiger partial charge in [0.2, 0.25) is 0 Å². The molecule has 0 atom stereocenters. The molecule has 2 aromatic heterocycles. The molecule has 0 aliphatic rings. The van der Waals surface area contributed by atoms with Gasteiger partial charge in [0.25, 0.3) is 11.5 Å². The molecular formula is C17H23N3O2S. The van der Waals surface area contributed by atoms with Crippen LogP contribution in [0.5, 0.6) is 0 Å². The first-order chi connectivity index (χ1) is 10.6. The zero-order valence-electron chi connectivity index (χ0n) is 14.5. The van der Waals surface area contributed by atoms with E-state index in [1.807, 2.05) is 18.4 Å². The lowest BCUT2D eigenvalue weighted by molar-refractivity contribution is 0.0948. The number of hydrogen-bond donors (Lipinski definition) is 1. The van der Waals surface area contributed by atoms with E-state index < -0.39 is 0 Å². The molecule has 0 unspecified atom stereocenters. The number of aryl methyl sites for hydroxylation is 2. The number of aromatic nitrogens is 2. The van der Waals surface area contributed by atoms with Crippen LogP contribution in [0.4, 0.5) is 0 Å². The summed E-state index contributed by atoms with van der Waals surface area (Å²) < 4.78 is 1.49. The molecule has 1 N–H and O–H groups in total. The molecule has 0 radical (unpaired) electrons. The van der Waals surface area contributed by atoms with Gasteiger partial charge >= 0.3 is 0 Å². The van der Waals surface area contributed by atoms with E-state index in [0.717, 1.165) is 16.4 Å². The summed E-state index contributed by atoms with van der Waals surface area (Å²) in [5.41, 5.74) is 2.45. The minimum absolute atomic E-state index is 0.0117. The molecule has 2 heterocycles. The fourth-order valence-electron chi connectivity index (χ4n) is 2.24. The zero-order chi connectivity index (χ0) is 17.4. The molecule has 23 heavy (non-hydrogen) atoms. The lowest BCUT2D eigenvalue weighted by atomic mass is 9.93. The molecule has 2 rings (SSSR count). The van der Waals surface area contributed by atoms with Gasteiger partial charge < -0.3 is 9.88 Å². The predicted molar refractivity (Wildman–Crippen MR) is 93.1 cm³/mol. The third-order valence-electron chi connectivity index (χ3n) is 3.81. The molecule has 1 amide bonds. The summed E-state index contributed by atoms with van der Waals surface area (Å²) in [6.07, 6.45) is 0. The van der Waals surface area contributed by atoms with Crippen LogP contribution in [0.1, 0.15) is 53.1 Å². The molecule has 5 nitrogen and oxygen atoms in total. The molecule has 0 spiro atoms. The zero-order valence-corrected chi connectivity index (χ0v) is 15.3. The van der Waals surface area contributed by atoms with Gasteiger partial charge in [-0.2, -0.15) is 0 Å². The molecule has 0 aliphatic carbocycles. The van der Waals surface area contributed by atoms with E-state index in [4.69, 9.17) is 0 Å². The number of pyridine rings is 1. The van der Waals surface area contributed by atoms with E-state index in [2.05, 4.69) is 31.1 Å². The van der Waals surface area contributed by atoms with Crippen molar-refractivity contribution in [2.75, 3.05) is 0 Å². The Morgan fingerprint density at radius 3 is 2.57 bits per heavy atom. The van der Waals surface area contributed by atoms with Gasteiger partial charge in [0.05, 0.1) is 12.2 Å². The second kappa shape index (κ2) is 6.28. The third-order valence-corrected chi connectivity index (χ3v) is 4.66. The average molecular weight is 333 g/mol. The Labute approximate surface area is 140 Å². The van der Waals surface area contributed by atoms with Crippen molar-refractivity contribution < 1.29 is 4.79 Å². The highest BCUT2D eigenvalue weighted by atomic mass is 32.1. The van der Waals surface area contributed by atoms with Crippen molar-refractivity contribution in [2.24, 2.45) is 7.05 Å². The highest BCUT2D eigenvalue weighted by molar-refractivity contribution is 7.09. The van der Waals surface area contributed by atoms with E-state index in [1.165, 1.54) is 15.9 Å². The van der Waals surface area contributed by atoms with Crippen molar-refractivity contribution in [1.82, 2.24) is 14.9 Å². The highest BCUT2D eigenvalue weighted by Crippen LogP contribution is 2.23. The third kappa shape index (κ3) is 3.69. The molecule has 124 valence electrons. The van der Waals surface area contributed by atoms with Crippen LogP contribution in [0.15, 0.2) is 16.2 Å². The number of hydrogen-bond acceptors (Lipinski definition) is 4. The molecular weight excluding hydrogens is 310 g/mol. The Bertz CT molecular complexity index is 797. The number of nitrogens with one attached hydrogen (secondary N) is 1. The van der Waals surface area contributed by atoms with Gasteiger partial charge in [0, 0.05) is 23.5 Å². The van der Waals surface area contributed by atoms with Gasteiger partial charge in [0.15, 0.2) is 0 Å². The standard InChI is InChI=1S/C17H23N3O2S/c1-10-7-11(2)20(6)16(22)14(10)15(21)18-8-13-19-12(9-23-13)17(3,4)5/h7,9H,8H2,1-6H3,(H,18,21). The Balaban J connectivity index is 2.17. The highest BCUT2D eigenvalue weighted by Gasteiger charge is 2.19. The number of nitrogens with zero attached hydrogens (tertiary/aromatic N) is 2. The van der Waals surface area contributed by atoms with Gasteiger partial charge in [-0.1, -0.05) is 20.8 Å². The second-order valence-corrected chi connectivity index (χ2v) is 7.71. The summed E-state index contributed by atoms with van der Waals surface area (Å²) in [6, 6.07) is 1.84. The summed E-state index contributed by atoms with van der Waals surface area (Å²) >= 11 is 1.52. The molecule has 0 saturated carbocycles. The number of carbonyl (C=O) groups excluding carboxylic acids is 1. The lowest BCUT2D eigenvalue weighted by Gasteiger charge is -2.14. The van der Waals surface area contributed by atoms with E-state index in [9.17, 15) is 9.59 Å². The van der Waals surface area contributed by atoms with Crippen LogP contribution in [-0.4, -0.2) is 15.5 Å². The van der Waals surface area contributed by atoms with Gasteiger partial charge in [-0.3, -0.25) is 9.59 Å². The first-order valence-electron chi connectivity index (χ1n) is 7.51. The Morgan fingerprint density at radius 2 is 2.00 bits per heavy atom. The first kappa shape index (κ1) is 17.4.